The summed E-state index contributed by atoms with van der Waals surface area (Å²) < 4.78 is 32.9. The van der Waals surface area contributed by atoms with E-state index in [-0.39, 0.29) is 16.6 Å². The number of benzene rings is 2. The van der Waals surface area contributed by atoms with Crippen LogP contribution >= 0.6 is 23.4 Å². The number of carbonyl (C=O) groups excluding carboxylic acids is 1. The summed E-state index contributed by atoms with van der Waals surface area (Å²) in [4.78, 5) is 16.7. The number of oxazole rings is 1. The Morgan fingerprint density at radius 1 is 1.16 bits per heavy atom. The standard InChI is InChI=1S/C22H24ClN3O4S2/c23-17-6-4-5-16(13-17)9-10-24-21(27)15-31-22-25-19-14-18(7-8-20(19)30-22)32(28,29)26-11-2-1-3-12-26/h4-8,13-14H,1-3,9-12,15H2,(H,24,27). The molecule has 1 amide bonds. The highest BCUT2D eigenvalue weighted by Crippen LogP contribution is 2.27. The molecule has 0 unspecified atom stereocenters. The van der Waals surface area contributed by atoms with E-state index in [1.807, 2.05) is 24.3 Å². The van der Waals surface area contributed by atoms with Crippen LogP contribution in [0, 0.1) is 0 Å². The van der Waals surface area contributed by atoms with Crippen molar-refractivity contribution >= 4 is 50.4 Å². The first-order valence-electron chi connectivity index (χ1n) is 10.5. The fraction of sp³-hybridized carbons (Fsp3) is 0.364. The van der Waals surface area contributed by atoms with Crippen LogP contribution in [0.4, 0.5) is 0 Å². The van der Waals surface area contributed by atoms with E-state index in [4.69, 9.17) is 16.0 Å². The van der Waals surface area contributed by atoms with E-state index in [2.05, 4.69) is 10.3 Å². The van der Waals surface area contributed by atoms with Crippen molar-refractivity contribution in [2.24, 2.45) is 0 Å². The van der Waals surface area contributed by atoms with Crippen LogP contribution in [-0.2, 0) is 21.2 Å². The molecule has 0 spiro atoms. The van der Waals surface area contributed by atoms with Crippen molar-refractivity contribution in [1.82, 2.24) is 14.6 Å². The molecule has 1 aromatic heterocycles. The Morgan fingerprint density at radius 2 is 1.97 bits per heavy atom. The number of carbonyl (C=O) groups is 1. The highest BCUT2D eigenvalue weighted by molar-refractivity contribution is 7.99. The first kappa shape index (κ1) is 23.1. The summed E-state index contributed by atoms with van der Waals surface area (Å²) in [5.41, 5.74) is 2.01. The third-order valence-corrected chi connectivity index (χ3v) is 8.20. The predicted molar refractivity (Wildman–Crippen MR) is 126 cm³/mol. The minimum atomic E-state index is -3.53. The van der Waals surface area contributed by atoms with Crippen LogP contribution in [0.5, 0.6) is 0 Å². The maximum Gasteiger partial charge on any atom is 0.257 e. The van der Waals surface area contributed by atoms with Gasteiger partial charge in [-0.05, 0) is 55.2 Å². The molecule has 0 saturated carbocycles. The van der Waals surface area contributed by atoms with Crippen LogP contribution in [0.3, 0.4) is 0 Å². The van der Waals surface area contributed by atoms with Gasteiger partial charge in [-0.15, -0.1) is 0 Å². The summed E-state index contributed by atoms with van der Waals surface area (Å²) in [5.74, 6) is 0.0223. The van der Waals surface area contributed by atoms with Crippen molar-refractivity contribution in [2.45, 2.75) is 35.8 Å². The van der Waals surface area contributed by atoms with Crippen LogP contribution in [-0.4, -0.2) is 49.0 Å². The zero-order valence-electron chi connectivity index (χ0n) is 17.4. The Bertz CT molecular complexity index is 1210. The average molecular weight is 494 g/mol. The molecule has 0 radical (unpaired) electrons. The van der Waals surface area contributed by atoms with Crippen molar-refractivity contribution < 1.29 is 17.6 Å². The molecule has 3 aromatic rings. The van der Waals surface area contributed by atoms with E-state index in [1.165, 1.54) is 22.1 Å². The smallest absolute Gasteiger partial charge is 0.257 e. The molecule has 1 aliphatic rings. The van der Waals surface area contributed by atoms with Gasteiger partial charge in [-0.25, -0.2) is 13.4 Å². The van der Waals surface area contributed by atoms with E-state index in [0.29, 0.717) is 47.4 Å². The second-order valence-corrected chi connectivity index (χ2v) is 10.9. The van der Waals surface area contributed by atoms with Gasteiger partial charge in [0.2, 0.25) is 15.9 Å². The van der Waals surface area contributed by atoms with Gasteiger partial charge >= 0.3 is 0 Å². The van der Waals surface area contributed by atoms with Crippen molar-refractivity contribution in [3.05, 3.63) is 53.1 Å². The molecular formula is C22H24ClN3O4S2. The number of fused-ring (bicyclic) bond motifs is 1. The van der Waals surface area contributed by atoms with Crippen LogP contribution < -0.4 is 5.32 Å². The fourth-order valence-electron chi connectivity index (χ4n) is 3.58. The van der Waals surface area contributed by atoms with Crippen molar-refractivity contribution in [3.8, 4) is 0 Å². The number of hydrogen-bond donors (Lipinski definition) is 1. The summed E-state index contributed by atoms with van der Waals surface area (Å²) >= 11 is 7.14. The van der Waals surface area contributed by atoms with Crippen molar-refractivity contribution in [3.63, 3.8) is 0 Å². The SMILES string of the molecule is O=C(CSc1nc2cc(S(=O)(=O)N3CCCCC3)ccc2o1)NCCc1cccc(Cl)c1. The van der Waals surface area contributed by atoms with Gasteiger partial charge in [0.05, 0.1) is 10.6 Å². The summed E-state index contributed by atoms with van der Waals surface area (Å²) in [6.07, 6.45) is 3.51. The van der Waals surface area contributed by atoms with E-state index >= 15 is 0 Å². The molecule has 0 bridgehead atoms. The molecule has 4 rings (SSSR count). The van der Waals surface area contributed by atoms with E-state index in [1.54, 1.807) is 12.1 Å². The molecule has 10 heteroatoms. The molecule has 32 heavy (non-hydrogen) atoms. The number of halogens is 1. The number of amides is 1. The van der Waals surface area contributed by atoms with Gasteiger partial charge in [-0.2, -0.15) is 4.31 Å². The molecule has 1 saturated heterocycles. The quantitative estimate of drug-likeness (QED) is 0.475. The first-order chi connectivity index (χ1) is 15.4. The molecule has 0 aliphatic carbocycles. The molecule has 1 fully saturated rings. The lowest BCUT2D eigenvalue weighted by Crippen LogP contribution is -2.35. The predicted octanol–water partition coefficient (Wildman–Crippen LogP) is 4.11. The largest absolute Gasteiger partial charge is 0.431 e. The maximum atomic E-state index is 12.9. The van der Waals surface area contributed by atoms with E-state index < -0.39 is 10.0 Å². The van der Waals surface area contributed by atoms with Gasteiger partial charge in [0, 0.05) is 24.7 Å². The monoisotopic (exact) mass is 493 g/mol. The Morgan fingerprint density at radius 3 is 2.75 bits per heavy atom. The molecule has 2 aromatic carbocycles. The topological polar surface area (TPSA) is 92.5 Å². The number of rotatable bonds is 8. The average Bonchev–Trinajstić information content (AvgIpc) is 3.21. The van der Waals surface area contributed by atoms with Crippen LogP contribution in [0.2, 0.25) is 5.02 Å². The van der Waals surface area contributed by atoms with Gasteiger partial charge in [0.15, 0.2) is 5.58 Å². The van der Waals surface area contributed by atoms with E-state index in [0.717, 1.165) is 24.8 Å². The lowest BCUT2D eigenvalue weighted by Gasteiger charge is -2.25. The van der Waals surface area contributed by atoms with Gasteiger partial charge in [0.25, 0.3) is 5.22 Å². The summed E-state index contributed by atoms with van der Waals surface area (Å²) in [7, 11) is -3.53. The minimum absolute atomic E-state index is 0.132. The number of sulfonamides is 1. The van der Waals surface area contributed by atoms with Crippen LogP contribution in [0.15, 0.2) is 57.0 Å². The number of aromatic nitrogens is 1. The minimum Gasteiger partial charge on any atom is -0.431 e. The highest BCUT2D eigenvalue weighted by Gasteiger charge is 2.26. The third kappa shape index (κ3) is 5.64. The molecule has 1 aliphatic heterocycles. The molecular weight excluding hydrogens is 470 g/mol. The van der Waals surface area contributed by atoms with Gasteiger partial charge in [-0.3, -0.25) is 4.79 Å². The Hall–Kier alpha value is -2.07. The second kappa shape index (κ2) is 10.2. The number of hydrogen-bond acceptors (Lipinski definition) is 6. The molecule has 2 heterocycles. The Balaban J connectivity index is 1.33. The second-order valence-electron chi connectivity index (χ2n) is 7.59. The van der Waals surface area contributed by atoms with Gasteiger partial charge in [-0.1, -0.05) is 41.9 Å². The molecule has 1 N–H and O–H groups in total. The van der Waals surface area contributed by atoms with E-state index in [9.17, 15) is 13.2 Å². The first-order valence-corrected chi connectivity index (χ1v) is 13.3. The number of piperidine rings is 1. The molecule has 7 nitrogen and oxygen atoms in total. The molecule has 170 valence electrons. The van der Waals surface area contributed by atoms with Gasteiger partial charge < -0.3 is 9.73 Å². The number of thioether (sulfide) groups is 1. The lowest BCUT2D eigenvalue weighted by molar-refractivity contribution is -0.118. The Kier molecular flexibility index (Phi) is 7.40. The van der Waals surface area contributed by atoms with Crippen molar-refractivity contribution in [2.75, 3.05) is 25.4 Å². The summed E-state index contributed by atoms with van der Waals surface area (Å²) in [6.45, 7) is 1.60. The summed E-state index contributed by atoms with van der Waals surface area (Å²) in [5, 5.41) is 3.87. The highest BCUT2D eigenvalue weighted by atomic mass is 35.5. The van der Waals surface area contributed by atoms with Crippen molar-refractivity contribution in [1.29, 1.82) is 0 Å². The maximum absolute atomic E-state index is 12.9. The number of nitrogens with one attached hydrogen (secondary N) is 1. The van der Waals surface area contributed by atoms with Crippen LogP contribution in [0.25, 0.3) is 11.1 Å². The lowest BCUT2D eigenvalue weighted by atomic mass is 10.1. The Labute approximate surface area is 196 Å². The summed E-state index contributed by atoms with van der Waals surface area (Å²) in [6, 6.07) is 12.2. The molecule has 0 atom stereocenters. The third-order valence-electron chi connectivity index (χ3n) is 5.24. The van der Waals surface area contributed by atoms with Crippen LogP contribution in [0.1, 0.15) is 24.8 Å². The zero-order valence-corrected chi connectivity index (χ0v) is 19.8. The number of nitrogens with zero attached hydrogens (tertiary/aromatic N) is 2. The fourth-order valence-corrected chi connectivity index (χ4v) is 6.00. The van der Waals surface area contributed by atoms with Gasteiger partial charge in [0.1, 0.15) is 5.52 Å². The zero-order chi connectivity index (χ0) is 22.6. The normalized spacial score (nSPS) is 15.2.